The van der Waals surface area contributed by atoms with Crippen LogP contribution in [0.3, 0.4) is 0 Å². The first kappa shape index (κ1) is 11.8. The Hall–Kier alpha value is -0.690. The van der Waals surface area contributed by atoms with Crippen LogP contribution in [0.1, 0.15) is 37.7 Å². The Bertz CT molecular complexity index is 343. The lowest BCUT2D eigenvalue weighted by Gasteiger charge is -2.22. The van der Waals surface area contributed by atoms with Gasteiger partial charge in [0.1, 0.15) is 0 Å². The molecule has 1 aromatic carbocycles. The minimum absolute atomic E-state index is 0.855. The molecule has 0 unspecified atom stereocenters. The Morgan fingerprint density at radius 2 is 2.00 bits per heavy atom. The molecule has 16 heavy (non-hydrogen) atoms. The quantitative estimate of drug-likeness (QED) is 0.808. The zero-order valence-electron chi connectivity index (χ0n) is 9.93. The van der Waals surface area contributed by atoms with E-state index in [0.717, 1.165) is 28.7 Å². The summed E-state index contributed by atoms with van der Waals surface area (Å²) in [5, 5.41) is 4.35. The summed E-state index contributed by atoms with van der Waals surface area (Å²) >= 11 is 6.10. The van der Waals surface area contributed by atoms with Gasteiger partial charge in [0, 0.05) is 17.3 Å². The van der Waals surface area contributed by atoms with Gasteiger partial charge in [-0.25, -0.2) is 0 Å². The van der Waals surface area contributed by atoms with Gasteiger partial charge in [-0.2, -0.15) is 0 Å². The molecule has 0 atom stereocenters. The first-order chi connectivity index (χ1) is 7.75. The molecule has 0 spiro atoms. The second-order valence-corrected chi connectivity index (χ2v) is 5.26. The Kier molecular flexibility index (Phi) is 4.11. The van der Waals surface area contributed by atoms with Gasteiger partial charge in [-0.1, -0.05) is 36.9 Å². The highest BCUT2D eigenvalue weighted by Gasteiger charge is 2.12. The fourth-order valence-electron chi connectivity index (χ4n) is 2.36. The molecule has 0 radical (unpaired) electrons. The summed E-state index contributed by atoms with van der Waals surface area (Å²) in [6, 6.07) is 6.22. The van der Waals surface area contributed by atoms with Gasteiger partial charge in [0.2, 0.25) is 0 Å². The number of aryl methyl sites for hydroxylation is 1. The van der Waals surface area contributed by atoms with Crippen LogP contribution in [0.15, 0.2) is 18.2 Å². The molecule has 0 bridgehead atoms. The fourth-order valence-corrected chi connectivity index (χ4v) is 2.54. The van der Waals surface area contributed by atoms with Gasteiger partial charge >= 0.3 is 0 Å². The zero-order chi connectivity index (χ0) is 11.4. The Labute approximate surface area is 103 Å². The van der Waals surface area contributed by atoms with Gasteiger partial charge in [-0.15, -0.1) is 0 Å². The molecular formula is C14H20ClN. The Balaban J connectivity index is 1.86. The molecule has 1 saturated carbocycles. The van der Waals surface area contributed by atoms with Crippen molar-refractivity contribution < 1.29 is 0 Å². The van der Waals surface area contributed by atoms with Crippen molar-refractivity contribution in [2.24, 2.45) is 5.92 Å². The van der Waals surface area contributed by atoms with Crippen molar-refractivity contribution in [3.8, 4) is 0 Å². The summed E-state index contributed by atoms with van der Waals surface area (Å²) in [5.74, 6) is 0.855. The second kappa shape index (κ2) is 5.58. The van der Waals surface area contributed by atoms with E-state index in [2.05, 4.69) is 17.4 Å². The third-order valence-corrected chi connectivity index (χ3v) is 3.90. The topological polar surface area (TPSA) is 12.0 Å². The van der Waals surface area contributed by atoms with Crippen LogP contribution < -0.4 is 5.32 Å². The maximum absolute atomic E-state index is 6.10. The molecule has 1 aliphatic rings. The minimum Gasteiger partial charge on any atom is -0.385 e. The average Bonchev–Trinajstić information content (AvgIpc) is 2.32. The molecule has 1 nitrogen and oxygen atoms in total. The number of halogens is 1. The molecule has 0 saturated heterocycles. The highest BCUT2D eigenvalue weighted by atomic mass is 35.5. The van der Waals surface area contributed by atoms with Gasteiger partial charge in [0.15, 0.2) is 0 Å². The summed E-state index contributed by atoms with van der Waals surface area (Å²) < 4.78 is 0. The van der Waals surface area contributed by atoms with E-state index in [-0.39, 0.29) is 0 Å². The van der Waals surface area contributed by atoms with Gasteiger partial charge in [-0.05, 0) is 43.4 Å². The highest BCUT2D eigenvalue weighted by molar-refractivity contribution is 6.31. The van der Waals surface area contributed by atoms with Crippen molar-refractivity contribution in [1.82, 2.24) is 0 Å². The summed E-state index contributed by atoms with van der Waals surface area (Å²) in [6.07, 6.45) is 6.99. The number of benzene rings is 1. The molecule has 2 heteroatoms. The van der Waals surface area contributed by atoms with E-state index in [1.165, 1.54) is 32.1 Å². The standard InChI is InChI=1S/C14H20ClN/c1-11-7-8-13(9-14(11)15)16-10-12-5-3-2-4-6-12/h7-9,12,16H,2-6,10H2,1H3. The van der Waals surface area contributed by atoms with E-state index >= 15 is 0 Å². The van der Waals surface area contributed by atoms with E-state index in [1.807, 2.05) is 13.0 Å². The molecule has 0 aromatic heterocycles. The van der Waals surface area contributed by atoms with E-state index in [1.54, 1.807) is 0 Å². The van der Waals surface area contributed by atoms with Gasteiger partial charge < -0.3 is 5.32 Å². The monoisotopic (exact) mass is 237 g/mol. The second-order valence-electron chi connectivity index (χ2n) is 4.85. The van der Waals surface area contributed by atoms with Crippen molar-refractivity contribution in [3.63, 3.8) is 0 Å². The van der Waals surface area contributed by atoms with Crippen LogP contribution in [-0.2, 0) is 0 Å². The molecule has 1 fully saturated rings. The van der Waals surface area contributed by atoms with E-state index in [4.69, 9.17) is 11.6 Å². The lowest BCUT2D eigenvalue weighted by molar-refractivity contribution is 0.373. The number of nitrogens with one attached hydrogen (secondary N) is 1. The molecule has 0 amide bonds. The third kappa shape index (κ3) is 3.15. The summed E-state index contributed by atoms with van der Waals surface area (Å²) in [6.45, 7) is 3.13. The van der Waals surface area contributed by atoms with Crippen molar-refractivity contribution in [3.05, 3.63) is 28.8 Å². The van der Waals surface area contributed by atoms with Crippen molar-refractivity contribution in [2.75, 3.05) is 11.9 Å². The molecular weight excluding hydrogens is 218 g/mol. The maximum atomic E-state index is 6.10. The van der Waals surface area contributed by atoms with Crippen LogP contribution in [-0.4, -0.2) is 6.54 Å². The van der Waals surface area contributed by atoms with Crippen molar-refractivity contribution >= 4 is 17.3 Å². The third-order valence-electron chi connectivity index (χ3n) is 3.49. The zero-order valence-corrected chi connectivity index (χ0v) is 10.7. The molecule has 1 N–H and O–H groups in total. The van der Waals surface area contributed by atoms with E-state index < -0.39 is 0 Å². The molecule has 1 aliphatic carbocycles. The molecule has 2 rings (SSSR count). The first-order valence-corrected chi connectivity index (χ1v) is 6.63. The average molecular weight is 238 g/mol. The molecule has 0 aliphatic heterocycles. The van der Waals surface area contributed by atoms with Gasteiger partial charge in [-0.3, -0.25) is 0 Å². The predicted octanol–water partition coefficient (Wildman–Crippen LogP) is 4.64. The number of rotatable bonds is 3. The van der Waals surface area contributed by atoms with Crippen LogP contribution in [0.25, 0.3) is 0 Å². The van der Waals surface area contributed by atoms with Crippen molar-refractivity contribution in [2.45, 2.75) is 39.0 Å². The summed E-state index contributed by atoms with van der Waals surface area (Å²) in [4.78, 5) is 0. The summed E-state index contributed by atoms with van der Waals surface area (Å²) in [7, 11) is 0. The van der Waals surface area contributed by atoms with Crippen LogP contribution in [0.2, 0.25) is 5.02 Å². The van der Waals surface area contributed by atoms with Gasteiger partial charge in [0.05, 0.1) is 0 Å². The first-order valence-electron chi connectivity index (χ1n) is 6.26. The lowest BCUT2D eigenvalue weighted by atomic mass is 9.89. The number of hydrogen-bond donors (Lipinski definition) is 1. The van der Waals surface area contributed by atoms with E-state index in [9.17, 15) is 0 Å². The normalized spacial score (nSPS) is 17.4. The highest BCUT2D eigenvalue weighted by Crippen LogP contribution is 2.25. The summed E-state index contributed by atoms with van der Waals surface area (Å²) in [5.41, 5.74) is 2.30. The minimum atomic E-state index is 0.855. The lowest BCUT2D eigenvalue weighted by Crippen LogP contribution is -2.17. The van der Waals surface area contributed by atoms with Gasteiger partial charge in [0.25, 0.3) is 0 Å². The molecule has 1 aromatic rings. The molecule has 88 valence electrons. The number of anilines is 1. The smallest absolute Gasteiger partial charge is 0.0455 e. The largest absolute Gasteiger partial charge is 0.385 e. The SMILES string of the molecule is Cc1ccc(NCC2CCCCC2)cc1Cl. The predicted molar refractivity (Wildman–Crippen MR) is 71.3 cm³/mol. The van der Waals surface area contributed by atoms with Crippen LogP contribution in [0.5, 0.6) is 0 Å². The van der Waals surface area contributed by atoms with E-state index in [0.29, 0.717) is 0 Å². The van der Waals surface area contributed by atoms with Crippen molar-refractivity contribution in [1.29, 1.82) is 0 Å². The van der Waals surface area contributed by atoms with Crippen LogP contribution in [0, 0.1) is 12.8 Å². The number of hydrogen-bond acceptors (Lipinski definition) is 1. The van der Waals surface area contributed by atoms with Crippen LogP contribution >= 0.6 is 11.6 Å². The maximum Gasteiger partial charge on any atom is 0.0455 e. The Morgan fingerprint density at radius 1 is 1.25 bits per heavy atom. The van der Waals surface area contributed by atoms with Crippen LogP contribution in [0.4, 0.5) is 5.69 Å². The fraction of sp³-hybridized carbons (Fsp3) is 0.571. The Morgan fingerprint density at radius 3 is 2.69 bits per heavy atom. The molecule has 0 heterocycles.